The van der Waals surface area contributed by atoms with E-state index in [0.29, 0.717) is 11.3 Å². The summed E-state index contributed by atoms with van der Waals surface area (Å²) >= 11 is 0. The molecule has 27 heavy (non-hydrogen) atoms. The molecule has 144 valence electrons. The summed E-state index contributed by atoms with van der Waals surface area (Å²) < 4.78 is 5.49. The number of phenolic OH excluding ortho intramolecular Hbond substituents is 1. The number of amides is 1. The monoisotopic (exact) mass is 370 g/mol. The lowest BCUT2D eigenvalue weighted by Gasteiger charge is -2.18. The minimum absolute atomic E-state index is 0.118. The normalized spacial score (nSPS) is 11.5. The number of phenols is 1. The third kappa shape index (κ3) is 5.56. The van der Waals surface area contributed by atoms with E-state index < -0.39 is 0 Å². The van der Waals surface area contributed by atoms with Crippen LogP contribution in [0.1, 0.15) is 42.3 Å². The van der Waals surface area contributed by atoms with Gasteiger partial charge in [-0.2, -0.15) is 5.10 Å². The lowest BCUT2D eigenvalue weighted by atomic mass is 10.1. The molecular weight excluding hydrogens is 342 g/mol. The maximum Gasteiger partial charge on any atom is 0.271 e. The molecule has 0 aromatic heterocycles. The number of hydrogen-bond donors (Lipinski definition) is 3. The third-order valence-electron chi connectivity index (χ3n) is 4.59. The first kappa shape index (κ1) is 20.5. The Labute approximate surface area is 160 Å². The number of carbonyl (C=O) groups is 1. The number of benzene rings is 2. The van der Waals surface area contributed by atoms with Gasteiger partial charge in [0.25, 0.3) is 5.91 Å². The standard InChI is InChI=1S/C21H27N3O3/c1-5-24(6-2)14-18-13-17(9-12-20(18)27-4)15(3)22-23-21(26)16-7-10-19(25)11-8-16/h7-13,25H,5-6,14H2,1-4H3,(H,23,26)/p+1/b22-15-. The second kappa shape index (κ2) is 9.73. The zero-order chi connectivity index (χ0) is 19.8. The van der Waals surface area contributed by atoms with Gasteiger partial charge in [-0.25, -0.2) is 5.43 Å². The molecule has 0 aliphatic heterocycles. The maximum absolute atomic E-state index is 12.2. The van der Waals surface area contributed by atoms with Crippen LogP contribution in [0.15, 0.2) is 47.6 Å². The summed E-state index contributed by atoms with van der Waals surface area (Å²) in [7, 11) is 1.68. The molecule has 0 saturated heterocycles. The fourth-order valence-corrected chi connectivity index (χ4v) is 2.79. The van der Waals surface area contributed by atoms with E-state index in [-0.39, 0.29) is 11.7 Å². The summed E-state index contributed by atoms with van der Waals surface area (Å²) in [6.07, 6.45) is 0. The SMILES string of the molecule is CC[NH+](CC)Cc1cc(/C(C)=N\NC(=O)c2ccc(O)cc2)ccc1OC. The number of methoxy groups -OCH3 is 1. The summed E-state index contributed by atoms with van der Waals surface area (Å²) in [6, 6.07) is 12.0. The average molecular weight is 370 g/mol. The van der Waals surface area contributed by atoms with E-state index in [1.54, 1.807) is 19.2 Å². The summed E-state index contributed by atoms with van der Waals surface area (Å²) in [5.41, 5.74) is 5.76. The van der Waals surface area contributed by atoms with Crippen molar-refractivity contribution in [1.29, 1.82) is 0 Å². The Morgan fingerprint density at radius 3 is 2.33 bits per heavy atom. The molecule has 0 spiro atoms. The van der Waals surface area contributed by atoms with Crippen molar-refractivity contribution in [3.63, 3.8) is 0 Å². The molecule has 0 bridgehead atoms. The van der Waals surface area contributed by atoms with Gasteiger partial charge < -0.3 is 14.7 Å². The molecule has 0 atom stereocenters. The molecule has 0 aliphatic carbocycles. The highest BCUT2D eigenvalue weighted by molar-refractivity contribution is 6.01. The van der Waals surface area contributed by atoms with Gasteiger partial charge in [0.15, 0.2) is 0 Å². The number of nitrogens with one attached hydrogen (secondary N) is 2. The molecule has 0 unspecified atom stereocenters. The number of hydrogen-bond acceptors (Lipinski definition) is 4. The molecule has 2 aromatic carbocycles. The molecule has 0 radical (unpaired) electrons. The average Bonchev–Trinajstić information content (AvgIpc) is 2.70. The maximum atomic E-state index is 12.2. The van der Waals surface area contributed by atoms with E-state index in [1.807, 2.05) is 19.1 Å². The Morgan fingerprint density at radius 1 is 1.11 bits per heavy atom. The Balaban J connectivity index is 2.16. The molecular formula is C21H28N3O3+. The topological polar surface area (TPSA) is 75.4 Å². The van der Waals surface area contributed by atoms with Gasteiger partial charge in [0.05, 0.1) is 25.9 Å². The zero-order valence-electron chi connectivity index (χ0n) is 16.4. The van der Waals surface area contributed by atoms with Gasteiger partial charge in [0.1, 0.15) is 18.0 Å². The molecule has 6 nitrogen and oxygen atoms in total. The van der Waals surface area contributed by atoms with Crippen LogP contribution in [0.2, 0.25) is 0 Å². The summed E-state index contributed by atoms with van der Waals surface area (Å²) in [6.45, 7) is 9.14. The molecule has 2 aromatic rings. The summed E-state index contributed by atoms with van der Waals surface area (Å²) in [5.74, 6) is 0.655. The first-order valence-electron chi connectivity index (χ1n) is 9.13. The van der Waals surface area contributed by atoms with Crippen molar-refractivity contribution in [1.82, 2.24) is 5.43 Å². The van der Waals surface area contributed by atoms with Gasteiger partial charge in [-0.05, 0) is 68.8 Å². The van der Waals surface area contributed by atoms with Crippen LogP contribution in [0.25, 0.3) is 0 Å². The van der Waals surface area contributed by atoms with Gasteiger partial charge >= 0.3 is 0 Å². The van der Waals surface area contributed by atoms with Crippen molar-refractivity contribution >= 4 is 11.6 Å². The number of quaternary nitrogens is 1. The molecule has 2 rings (SSSR count). The van der Waals surface area contributed by atoms with Crippen LogP contribution in [0.5, 0.6) is 11.5 Å². The number of hydrazone groups is 1. The largest absolute Gasteiger partial charge is 0.508 e. The zero-order valence-corrected chi connectivity index (χ0v) is 16.4. The second-order valence-corrected chi connectivity index (χ2v) is 6.35. The number of carbonyl (C=O) groups excluding carboxylic acids is 1. The molecule has 0 heterocycles. The number of nitrogens with zero attached hydrogens (tertiary/aromatic N) is 1. The van der Waals surface area contributed by atoms with Gasteiger partial charge in [-0.3, -0.25) is 4.79 Å². The summed E-state index contributed by atoms with van der Waals surface area (Å²) in [5, 5.41) is 13.5. The lowest BCUT2D eigenvalue weighted by molar-refractivity contribution is -0.910. The van der Waals surface area contributed by atoms with Crippen molar-refractivity contribution in [3.8, 4) is 11.5 Å². The molecule has 3 N–H and O–H groups in total. The van der Waals surface area contributed by atoms with E-state index in [9.17, 15) is 9.90 Å². The van der Waals surface area contributed by atoms with Crippen molar-refractivity contribution in [2.24, 2.45) is 5.10 Å². The van der Waals surface area contributed by atoms with Crippen LogP contribution in [-0.4, -0.2) is 36.9 Å². The Hall–Kier alpha value is -2.86. The third-order valence-corrected chi connectivity index (χ3v) is 4.59. The van der Waals surface area contributed by atoms with E-state index in [2.05, 4.69) is 30.4 Å². The number of ether oxygens (including phenoxy) is 1. The first-order chi connectivity index (χ1) is 13.0. The van der Waals surface area contributed by atoms with E-state index in [1.165, 1.54) is 17.0 Å². The molecule has 0 aliphatic rings. The quantitative estimate of drug-likeness (QED) is 0.491. The van der Waals surface area contributed by atoms with Crippen molar-refractivity contribution in [3.05, 3.63) is 59.2 Å². The molecule has 0 saturated carbocycles. The second-order valence-electron chi connectivity index (χ2n) is 6.35. The highest BCUT2D eigenvalue weighted by atomic mass is 16.5. The van der Waals surface area contributed by atoms with Gasteiger partial charge in [0.2, 0.25) is 0 Å². The fourth-order valence-electron chi connectivity index (χ4n) is 2.79. The van der Waals surface area contributed by atoms with E-state index >= 15 is 0 Å². The van der Waals surface area contributed by atoms with Crippen molar-refractivity contribution < 1.29 is 19.5 Å². The van der Waals surface area contributed by atoms with Crippen LogP contribution in [-0.2, 0) is 6.54 Å². The van der Waals surface area contributed by atoms with Crippen LogP contribution in [0, 0.1) is 0 Å². The Morgan fingerprint density at radius 2 is 1.74 bits per heavy atom. The van der Waals surface area contributed by atoms with Gasteiger partial charge in [-0.15, -0.1) is 0 Å². The highest BCUT2D eigenvalue weighted by Crippen LogP contribution is 2.19. The predicted molar refractivity (Wildman–Crippen MR) is 107 cm³/mol. The van der Waals surface area contributed by atoms with Crippen LogP contribution in [0.3, 0.4) is 0 Å². The van der Waals surface area contributed by atoms with Crippen LogP contribution < -0.4 is 15.1 Å². The fraction of sp³-hybridized carbons (Fsp3) is 0.333. The molecule has 1 amide bonds. The molecule has 6 heteroatoms. The summed E-state index contributed by atoms with van der Waals surface area (Å²) in [4.78, 5) is 13.6. The van der Waals surface area contributed by atoms with Crippen molar-refractivity contribution in [2.75, 3.05) is 20.2 Å². The lowest BCUT2D eigenvalue weighted by Crippen LogP contribution is -3.10. The number of rotatable bonds is 8. The van der Waals surface area contributed by atoms with E-state index in [0.717, 1.165) is 36.5 Å². The smallest absolute Gasteiger partial charge is 0.271 e. The van der Waals surface area contributed by atoms with Crippen LogP contribution in [0.4, 0.5) is 0 Å². The minimum Gasteiger partial charge on any atom is -0.508 e. The van der Waals surface area contributed by atoms with Gasteiger partial charge in [-0.1, -0.05) is 0 Å². The Kier molecular flexibility index (Phi) is 7.37. The first-order valence-corrected chi connectivity index (χ1v) is 9.13. The predicted octanol–water partition coefficient (Wildman–Crippen LogP) is 1.98. The minimum atomic E-state index is -0.323. The number of aromatic hydroxyl groups is 1. The van der Waals surface area contributed by atoms with Crippen molar-refractivity contribution in [2.45, 2.75) is 27.3 Å². The highest BCUT2D eigenvalue weighted by Gasteiger charge is 2.12. The van der Waals surface area contributed by atoms with Crippen LogP contribution >= 0.6 is 0 Å². The Bertz CT molecular complexity index is 797. The van der Waals surface area contributed by atoms with Gasteiger partial charge in [0, 0.05) is 11.1 Å². The molecule has 0 fully saturated rings. The van der Waals surface area contributed by atoms with E-state index in [4.69, 9.17) is 4.74 Å².